The quantitative estimate of drug-likeness (QED) is 0.460. The molecule has 162 valence electrons. The van der Waals surface area contributed by atoms with Crippen molar-refractivity contribution in [1.29, 1.82) is 0 Å². The number of carbonyl (C=O) groups is 1. The van der Waals surface area contributed by atoms with Crippen LogP contribution in [-0.2, 0) is 0 Å². The predicted molar refractivity (Wildman–Crippen MR) is 115 cm³/mol. The Kier molecular flexibility index (Phi) is 4.58. The number of hydrogen-bond acceptors (Lipinski definition) is 6. The SMILES string of the molecule is Cc1cc(N2C(=O)c3oc4ccc(F)cc4c(=O)c3[C@@H]2c2cccc(OC(C)C)c2)no1. The number of rotatable bonds is 4. The zero-order valence-electron chi connectivity index (χ0n) is 17.6. The summed E-state index contributed by atoms with van der Waals surface area (Å²) in [4.78, 5) is 28.2. The van der Waals surface area contributed by atoms with Crippen molar-refractivity contribution in [3.8, 4) is 5.75 Å². The van der Waals surface area contributed by atoms with Gasteiger partial charge in [0.25, 0.3) is 5.91 Å². The lowest BCUT2D eigenvalue weighted by Gasteiger charge is -2.23. The topological polar surface area (TPSA) is 85.8 Å². The Labute approximate surface area is 182 Å². The Morgan fingerprint density at radius 3 is 2.66 bits per heavy atom. The van der Waals surface area contributed by atoms with Crippen LogP contribution in [-0.4, -0.2) is 17.2 Å². The zero-order chi connectivity index (χ0) is 22.6. The molecule has 1 atom stereocenters. The molecule has 4 aromatic rings. The molecule has 0 saturated heterocycles. The minimum Gasteiger partial charge on any atom is -0.491 e. The van der Waals surface area contributed by atoms with Crippen molar-refractivity contribution in [2.75, 3.05) is 4.90 Å². The smallest absolute Gasteiger partial charge is 0.296 e. The highest BCUT2D eigenvalue weighted by Crippen LogP contribution is 2.41. The number of amides is 1. The maximum atomic E-state index is 13.9. The Balaban J connectivity index is 1.78. The Bertz CT molecular complexity index is 1420. The summed E-state index contributed by atoms with van der Waals surface area (Å²) >= 11 is 0. The third-order valence-corrected chi connectivity index (χ3v) is 5.24. The van der Waals surface area contributed by atoms with E-state index in [2.05, 4.69) is 5.16 Å². The first-order valence-corrected chi connectivity index (χ1v) is 10.1. The molecule has 0 bridgehead atoms. The van der Waals surface area contributed by atoms with E-state index in [1.54, 1.807) is 37.3 Å². The van der Waals surface area contributed by atoms with Crippen molar-refractivity contribution >= 4 is 22.7 Å². The van der Waals surface area contributed by atoms with Crippen molar-refractivity contribution in [1.82, 2.24) is 5.16 Å². The molecule has 2 aromatic heterocycles. The first-order valence-electron chi connectivity index (χ1n) is 10.1. The first-order chi connectivity index (χ1) is 15.3. The minimum atomic E-state index is -0.846. The lowest BCUT2D eigenvalue weighted by atomic mass is 9.98. The highest BCUT2D eigenvalue weighted by molar-refractivity contribution is 6.10. The van der Waals surface area contributed by atoms with Crippen LogP contribution in [0, 0.1) is 12.7 Å². The molecule has 7 nitrogen and oxygen atoms in total. The van der Waals surface area contributed by atoms with Crippen molar-refractivity contribution in [3.05, 3.63) is 87.2 Å². The van der Waals surface area contributed by atoms with Crippen LogP contribution < -0.4 is 15.1 Å². The summed E-state index contributed by atoms with van der Waals surface area (Å²) in [6, 6.07) is 11.5. The third-order valence-electron chi connectivity index (χ3n) is 5.24. The Morgan fingerprint density at radius 2 is 1.94 bits per heavy atom. The number of ether oxygens (including phenoxy) is 1. The van der Waals surface area contributed by atoms with Gasteiger partial charge in [0, 0.05) is 6.07 Å². The molecule has 0 unspecified atom stereocenters. The molecule has 5 rings (SSSR count). The summed E-state index contributed by atoms with van der Waals surface area (Å²) in [5.74, 6) is 0.138. The van der Waals surface area contributed by atoms with Gasteiger partial charge in [0.05, 0.1) is 23.1 Å². The average Bonchev–Trinajstić information content (AvgIpc) is 3.29. The van der Waals surface area contributed by atoms with E-state index >= 15 is 0 Å². The van der Waals surface area contributed by atoms with Gasteiger partial charge in [0.1, 0.15) is 22.9 Å². The minimum absolute atomic E-state index is 0.0611. The number of aryl methyl sites for hydroxylation is 1. The van der Waals surface area contributed by atoms with Crippen LogP contribution >= 0.6 is 0 Å². The molecule has 8 heteroatoms. The zero-order valence-corrected chi connectivity index (χ0v) is 17.6. The first kappa shape index (κ1) is 20.0. The second kappa shape index (κ2) is 7.33. The monoisotopic (exact) mass is 434 g/mol. The molecule has 1 aliphatic heterocycles. The van der Waals surface area contributed by atoms with E-state index in [-0.39, 0.29) is 34.2 Å². The fourth-order valence-corrected chi connectivity index (χ4v) is 3.99. The van der Waals surface area contributed by atoms with Gasteiger partial charge in [-0.05, 0) is 56.7 Å². The molecule has 0 aliphatic carbocycles. The van der Waals surface area contributed by atoms with Crippen molar-refractivity contribution in [2.24, 2.45) is 0 Å². The highest BCUT2D eigenvalue weighted by atomic mass is 19.1. The normalized spacial score (nSPS) is 15.6. The second-order valence-corrected chi connectivity index (χ2v) is 7.93. The van der Waals surface area contributed by atoms with Gasteiger partial charge in [-0.1, -0.05) is 17.3 Å². The molecule has 3 heterocycles. The van der Waals surface area contributed by atoms with E-state index in [9.17, 15) is 14.0 Å². The summed E-state index contributed by atoms with van der Waals surface area (Å²) in [6.07, 6.45) is -0.0611. The van der Waals surface area contributed by atoms with Gasteiger partial charge in [0.2, 0.25) is 5.76 Å². The Hall–Kier alpha value is -3.94. The number of nitrogens with zero attached hydrogens (tertiary/aromatic N) is 2. The van der Waals surface area contributed by atoms with Gasteiger partial charge < -0.3 is 13.7 Å². The standard InChI is InChI=1S/C24H19FN2O5/c1-12(2)30-16-6-4-5-14(10-16)21-20-22(28)17-11-15(25)7-8-18(17)31-23(20)24(29)27(21)19-9-13(3)32-26-19/h4-12,21H,1-3H3/t21-/m0/s1. The molecular formula is C24H19FN2O5. The highest BCUT2D eigenvalue weighted by Gasteiger charge is 2.45. The molecule has 0 radical (unpaired) electrons. The van der Waals surface area contributed by atoms with Crippen LogP contribution in [0.1, 0.15) is 47.3 Å². The van der Waals surface area contributed by atoms with Crippen molar-refractivity contribution in [2.45, 2.75) is 32.9 Å². The lowest BCUT2D eigenvalue weighted by Crippen LogP contribution is -2.29. The molecule has 32 heavy (non-hydrogen) atoms. The van der Waals surface area contributed by atoms with Crippen LogP contribution in [0.3, 0.4) is 0 Å². The molecule has 0 saturated carbocycles. The summed E-state index contributed by atoms with van der Waals surface area (Å²) < 4.78 is 30.7. The van der Waals surface area contributed by atoms with Gasteiger partial charge >= 0.3 is 0 Å². The number of fused-ring (bicyclic) bond motifs is 2. The van der Waals surface area contributed by atoms with Crippen LogP contribution in [0.2, 0.25) is 0 Å². The molecule has 1 aliphatic rings. The van der Waals surface area contributed by atoms with Crippen LogP contribution in [0.15, 0.2) is 62.3 Å². The molecule has 2 aromatic carbocycles. The predicted octanol–water partition coefficient (Wildman–Crippen LogP) is 4.77. The molecule has 0 spiro atoms. The fourth-order valence-electron chi connectivity index (χ4n) is 3.99. The maximum absolute atomic E-state index is 13.9. The van der Waals surface area contributed by atoms with E-state index in [4.69, 9.17) is 13.7 Å². The maximum Gasteiger partial charge on any atom is 0.296 e. The van der Waals surface area contributed by atoms with Crippen LogP contribution in [0.4, 0.5) is 10.2 Å². The number of anilines is 1. The van der Waals surface area contributed by atoms with E-state index < -0.39 is 23.2 Å². The van der Waals surface area contributed by atoms with Gasteiger partial charge in [-0.3, -0.25) is 14.5 Å². The summed E-state index contributed by atoms with van der Waals surface area (Å²) in [6.45, 7) is 5.51. The van der Waals surface area contributed by atoms with E-state index in [1.165, 1.54) is 17.0 Å². The summed E-state index contributed by atoms with van der Waals surface area (Å²) in [5.41, 5.74) is 0.406. The van der Waals surface area contributed by atoms with Crippen molar-refractivity contribution < 1.29 is 22.9 Å². The van der Waals surface area contributed by atoms with Crippen LogP contribution in [0.25, 0.3) is 11.0 Å². The summed E-state index contributed by atoms with van der Waals surface area (Å²) in [5, 5.41) is 4.05. The fraction of sp³-hybridized carbons (Fsp3) is 0.208. The average molecular weight is 434 g/mol. The number of carbonyl (C=O) groups excluding carboxylic acids is 1. The van der Waals surface area contributed by atoms with Gasteiger partial charge in [-0.2, -0.15) is 0 Å². The van der Waals surface area contributed by atoms with E-state index in [0.717, 1.165) is 6.07 Å². The molecule has 1 amide bonds. The number of benzene rings is 2. The van der Waals surface area contributed by atoms with Crippen LogP contribution in [0.5, 0.6) is 5.75 Å². The third kappa shape index (κ3) is 3.15. The molecular weight excluding hydrogens is 415 g/mol. The summed E-state index contributed by atoms with van der Waals surface area (Å²) in [7, 11) is 0. The number of aromatic nitrogens is 1. The second-order valence-electron chi connectivity index (χ2n) is 7.93. The van der Waals surface area contributed by atoms with Gasteiger partial charge in [-0.15, -0.1) is 0 Å². The lowest BCUT2D eigenvalue weighted by molar-refractivity contribution is 0.0969. The largest absolute Gasteiger partial charge is 0.491 e. The van der Waals surface area contributed by atoms with E-state index in [0.29, 0.717) is 17.1 Å². The Morgan fingerprint density at radius 1 is 1.12 bits per heavy atom. The van der Waals surface area contributed by atoms with Crippen molar-refractivity contribution in [3.63, 3.8) is 0 Å². The molecule has 0 N–H and O–H groups in total. The van der Waals surface area contributed by atoms with Gasteiger partial charge in [-0.25, -0.2) is 4.39 Å². The van der Waals surface area contributed by atoms with E-state index in [1.807, 2.05) is 13.8 Å². The number of hydrogen-bond donors (Lipinski definition) is 0. The van der Waals surface area contributed by atoms with Gasteiger partial charge in [0.15, 0.2) is 11.2 Å². The number of halogens is 1. The molecule has 0 fully saturated rings.